The largest absolute Gasteiger partial charge is 0.472 e. The fourth-order valence-corrected chi connectivity index (χ4v) is 7.60. The third-order valence-corrected chi connectivity index (χ3v) is 11.9. The average molecular weight is 1030 g/mol. The van der Waals surface area contributed by atoms with Crippen molar-refractivity contribution in [2.45, 2.75) is 213 Å². The zero-order valence-corrected chi connectivity index (χ0v) is 45.7. The van der Waals surface area contributed by atoms with Crippen molar-refractivity contribution in [3.63, 3.8) is 0 Å². The summed E-state index contributed by atoms with van der Waals surface area (Å²) in [5, 5.41) is 9.78. The molecule has 0 heterocycles. The van der Waals surface area contributed by atoms with Gasteiger partial charge in [0.2, 0.25) is 0 Å². The van der Waals surface area contributed by atoms with E-state index in [1.165, 1.54) is 57.8 Å². The van der Waals surface area contributed by atoms with Crippen LogP contribution in [0.3, 0.4) is 0 Å². The Labute approximate surface area is 437 Å². The maximum atomic E-state index is 12.9. The summed E-state index contributed by atoms with van der Waals surface area (Å²) in [6, 6.07) is 0. The number of carbonyl (C=O) groups is 3. The van der Waals surface area contributed by atoms with Gasteiger partial charge in [-0.05, 0) is 83.5 Å². The van der Waals surface area contributed by atoms with Gasteiger partial charge in [-0.1, -0.05) is 219 Å². The predicted molar refractivity (Wildman–Crippen MR) is 297 cm³/mol. The molecule has 0 aliphatic rings. The van der Waals surface area contributed by atoms with Crippen molar-refractivity contribution in [2.75, 3.05) is 26.4 Å². The second-order valence-corrected chi connectivity index (χ2v) is 19.1. The number of allylic oxidation sites excluding steroid dienone is 19. The van der Waals surface area contributed by atoms with Gasteiger partial charge in [0.25, 0.3) is 0 Å². The number of hydrogen-bond donors (Lipinski definition) is 2. The third kappa shape index (κ3) is 50.8. The van der Waals surface area contributed by atoms with Crippen molar-refractivity contribution in [3.05, 3.63) is 122 Å². The summed E-state index contributed by atoms with van der Waals surface area (Å²) in [6.07, 6.45) is 64.8. The molecule has 0 bridgehead atoms. The van der Waals surface area contributed by atoms with Gasteiger partial charge in [-0.2, -0.15) is 0 Å². The normalized spacial score (nSPS) is 14.3. The number of carbonyl (C=O) groups excluding carboxylic acids is 3. The summed E-state index contributed by atoms with van der Waals surface area (Å²) in [7, 11) is -4.79. The van der Waals surface area contributed by atoms with Gasteiger partial charge < -0.3 is 24.2 Å². The molecule has 2 N–H and O–H groups in total. The Bertz CT molecular complexity index is 1670. The standard InChI is InChI=1S/C60H97O11P/c1-4-7-10-13-16-19-22-25-27-28-30-33-36-39-42-45-48-51-60(64)71-57(53-67-58(62)49-46-43-40-37-34-31-24-21-18-15-12-9-6-3)55-69-72(65,66)68-54-56(52-61)70-59(63)50-47-44-41-38-35-32-29-26-23-20-17-14-11-8-5-2/h7-8,10-11,16-17,19-20,25-27,29-30,33,35,38-39,42,44,47,56-57,61H,4-6,9,12-15,18,21-24,28,31-32,34,36-37,40-41,43,45-46,48-55H2,1-3H3,(H,65,66)/b10-7-,11-8-,19-16-,20-17-,27-25-,29-26-,33-30-,38-35-,42-39-,47-44-. The van der Waals surface area contributed by atoms with E-state index in [1.54, 1.807) is 6.08 Å². The van der Waals surface area contributed by atoms with E-state index in [9.17, 15) is 28.9 Å². The molecule has 3 unspecified atom stereocenters. The molecule has 0 aromatic rings. The second kappa shape index (κ2) is 53.2. The summed E-state index contributed by atoms with van der Waals surface area (Å²) in [4.78, 5) is 48.4. The Kier molecular flexibility index (Phi) is 50.1. The molecule has 0 saturated carbocycles. The summed E-state index contributed by atoms with van der Waals surface area (Å²) < 4.78 is 39.3. The first-order valence-electron chi connectivity index (χ1n) is 27.4. The van der Waals surface area contributed by atoms with Crippen LogP contribution >= 0.6 is 7.82 Å². The first kappa shape index (κ1) is 67.9. The second-order valence-electron chi connectivity index (χ2n) is 17.7. The summed E-state index contributed by atoms with van der Waals surface area (Å²) in [5.74, 6) is -1.68. The molecule has 0 amide bonds. The lowest BCUT2D eigenvalue weighted by atomic mass is 10.0. The first-order valence-corrected chi connectivity index (χ1v) is 28.9. The quantitative estimate of drug-likeness (QED) is 0.0197. The summed E-state index contributed by atoms with van der Waals surface area (Å²) in [5.41, 5.74) is 0. The predicted octanol–water partition coefficient (Wildman–Crippen LogP) is 16.0. The molecule has 0 fully saturated rings. The van der Waals surface area contributed by atoms with E-state index in [0.29, 0.717) is 25.7 Å². The number of phosphoric ester groups is 1. The van der Waals surface area contributed by atoms with E-state index in [2.05, 4.69) is 106 Å². The van der Waals surface area contributed by atoms with Crippen LogP contribution < -0.4 is 0 Å². The van der Waals surface area contributed by atoms with Gasteiger partial charge in [-0.3, -0.25) is 23.4 Å². The molecule has 0 aromatic carbocycles. The van der Waals surface area contributed by atoms with E-state index in [1.807, 2.05) is 30.4 Å². The molecule has 0 spiro atoms. The van der Waals surface area contributed by atoms with Crippen molar-refractivity contribution in [3.8, 4) is 0 Å². The summed E-state index contributed by atoms with van der Waals surface area (Å²) >= 11 is 0. The highest BCUT2D eigenvalue weighted by molar-refractivity contribution is 7.47. The number of esters is 3. The smallest absolute Gasteiger partial charge is 0.462 e. The van der Waals surface area contributed by atoms with Crippen LogP contribution in [0, 0.1) is 0 Å². The lowest BCUT2D eigenvalue weighted by Crippen LogP contribution is -2.30. The lowest BCUT2D eigenvalue weighted by molar-refractivity contribution is -0.161. The van der Waals surface area contributed by atoms with Crippen molar-refractivity contribution in [1.82, 2.24) is 0 Å². The van der Waals surface area contributed by atoms with E-state index < -0.39 is 57.8 Å². The number of aliphatic hydroxyl groups excluding tert-OH is 1. The maximum Gasteiger partial charge on any atom is 0.472 e. The Morgan fingerprint density at radius 3 is 1.21 bits per heavy atom. The van der Waals surface area contributed by atoms with Crippen molar-refractivity contribution in [2.24, 2.45) is 0 Å². The Morgan fingerprint density at radius 2 is 0.778 bits per heavy atom. The van der Waals surface area contributed by atoms with Crippen LogP contribution in [0.15, 0.2) is 122 Å². The minimum Gasteiger partial charge on any atom is -0.462 e. The van der Waals surface area contributed by atoms with Crippen LogP contribution in [0.4, 0.5) is 0 Å². The monoisotopic (exact) mass is 1020 g/mol. The van der Waals surface area contributed by atoms with Gasteiger partial charge in [-0.15, -0.1) is 0 Å². The van der Waals surface area contributed by atoms with Crippen LogP contribution in [0.2, 0.25) is 0 Å². The molecule has 0 aliphatic heterocycles. The fourth-order valence-electron chi connectivity index (χ4n) is 6.82. The molecule has 408 valence electrons. The van der Waals surface area contributed by atoms with E-state index in [-0.39, 0.29) is 25.9 Å². The van der Waals surface area contributed by atoms with Gasteiger partial charge in [0.1, 0.15) is 12.7 Å². The number of phosphoric acid groups is 1. The Balaban J connectivity index is 4.91. The minimum atomic E-state index is -4.79. The average Bonchev–Trinajstić information content (AvgIpc) is 3.37. The topological polar surface area (TPSA) is 155 Å². The van der Waals surface area contributed by atoms with Crippen LogP contribution in [-0.4, -0.2) is 66.5 Å². The molecule has 0 radical (unpaired) electrons. The highest BCUT2D eigenvalue weighted by Gasteiger charge is 2.28. The molecule has 0 aromatic heterocycles. The fraction of sp³-hybridized carbons (Fsp3) is 0.617. The first-order chi connectivity index (χ1) is 35.2. The molecule has 0 saturated heterocycles. The zero-order chi connectivity index (χ0) is 52.7. The molecule has 72 heavy (non-hydrogen) atoms. The Hall–Kier alpha value is -4.12. The van der Waals surface area contributed by atoms with Crippen LogP contribution in [-0.2, 0) is 42.2 Å². The Morgan fingerprint density at radius 1 is 0.417 bits per heavy atom. The highest BCUT2D eigenvalue weighted by Crippen LogP contribution is 2.43. The van der Waals surface area contributed by atoms with E-state index in [4.69, 9.17) is 23.3 Å². The highest BCUT2D eigenvalue weighted by atomic mass is 31.2. The zero-order valence-electron chi connectivity index (χ0n) is 44.8. The molecule has 12 heteroatoms. The molecule has 11 nitrogen and oxygen atoms in total. The SMILES string of the molecule is CC/C=C\C/C=C\C/C=C\C/C=C\C/C=C\CCCC(=O)OC(COC(=O)CCCCCCCCCCCCCCC)COP(=O)(O)OCC(CO)OC(=O)C/C=C\C/C=C\C/C=C\C/C=C\C/C=C\CC. The molecular weight excluding hydrogens is 928 g/mol. The van der Waals surface area contributed by atoms with Crippen LogP contribution in [0.1, 0.15) is 201 Å². The van der Waals surface area contributed by atoms with Crippen molar-refractivity contribution in [1.29, 1.82) is 0 Å². The van der Waals surface area contributed by atoms with Gasteiger partial charge in [0.15, 0.2) is 6.10 Å². The van der Waals surface area contributed by atoms with Gasteiger partial charge in [0.05, 0.1) is 26.2 Å². The number of hydrogen-bond acceptors (Lipinski definition) is 10. The summed E-state index contributed by atoms with van der Waals surface area (Å²) in [6.45, 7) is 4.22. The van der Waals surface area contributed by atoms with E-state index in [0.717, 1.165) is 77.0 Å². The number of rotatable bonds is 49. The third-order valence-electron chi connectivity index (χ3n) is 10.9. The van der Waals surface area contributed by atoms with Gasteiger partial charge in [0, 0.05) is 12.8 Å². The molecular formula is C60H97O11P. The number of ether oxygens (including phenoxy) is 3. The molecule has 0 rings (SSSR count). The van der Waals surface area contributed by atoms with Crippen molar-refractivity contribution < 1.29 is 52.2 Å². The lowest BCUT2D eigenvalue weighted by Gasteiger charge is -2.21. The minimum absolute atomic E-state index is 0.0647. The van der Waals surface area contributed by atoms with Crippen molar-refractivity contribution >= 4 is 25.7 Å². The van der Waals surface area contributed by atoms with Gasteiger partial charge in [-0.25, -0.2) is 4.57 Å². The number of unbranched alkanes of at least 4 members (excludes halogenated alkanes) is 13. The van der Waals surface area contributed by atoms with E-state index >= 15 is 0 Å². The maximum absolute atomic E-state index is 12.9. The van der Waals surface area contributed by atoms with Crippen LogP contribution in [0.25, 0.3) is 0 Å². The van der Waals surface area contributed by atoms with Crippen LogP contribution in [0.5, 0.6) is 0 Å². The molecule has 0 aliphatic carbocycles. The number of aliphatic hydroxyl groups is 1. The van der Waals surface area contributed by atoms with Gasteiger partial charge >= 0.3 is 25.7 Å². The molecule has 3 atom stereocenters.